The SMILES string of the molecule is O=C(CNCC(F)(F)F)NCCCC1CC1. The van der Waals surface area contributed by atoms with Gasteiger partial charge in [-0.1, -0.05) is 12.8 Å². The van der Waals surface area contributed by atoms with Crippen LogP contribution in [-0.4, -0.2) is 31.7 Å². The second-order valence-electron chi connectivity index (χ2n) is 4.15. The molecule has 0 aromatic carbocycles. The van der Waals surface area contributed by atoms with Crippen molar-refractivity contribution < 1.29 is 18.0 Å². The van der Waals surface area contributed by atoms with Gasteiger partial charge >= 0.3 is 6.18 Å². The summed E-state index contributed by atoms with van der Waals surface area (Å²) >= 11 is 0. The van der Waals surface area contributed by atoms with Gasteiger partial charge in [0.1, 0.15) is 0 Å². The van der Waals surface area contributed by atoms with E-state index in [0.717, 1.165) is 18.8 Å². The van der Waals surface area contributed by atoms with Crippen LogP contribution in [0.25, 0.3) is 0 Å². The first-order valence-corrected chi connectivity index (χ1v) is 5.51. The molecule has 0 heterocycles. The highest BCUT2D eigenvalue weighted by atomic mass is 19.4. The number of nitrogens with one attached hydrogen (secondary N) is 2. The van der Waals surface area contributed by atoms with Crippen LogP contribution < -0.4 is 10.6 Å². The molecule has 2 N–H and O–H groups in total. The van der Waals surface area contributed by atoms with Crippen LogP contribution >= 0.6 is 0 Å². The van der Waals surface area contributed by atoms with Crippen molar-refractivity contribution in [2.24, 2.45) is 5.92 Å². The van der Waals surface area contributed by atoms with Crippen molar-refractivity contribution in [1.82, 2.24) is 10.6 Å². The average molecular weight is 238 g/mol. The van der Waals surface area contributed by atoms with Gasteiger partial charge in [-0.05, 0) is 18.8 Å². The summed E-state index contributed by atoms with van der Waals surface area (Å²) in [4.78, 5) is 11.0. The molecule has 0 aromatic heterocycles. The zero-order chi connectivity index (χ0) is 12.0. The van der Waals surface area contributed by atoms with Crippen molar-refractivity contribution in [2.75, 3.05) is 19.6 Å². The highest BCUT2D eigenvalue weighted by Crippen LogP contribution is 2.33. The third kappa shape index (κ3) is 7.50. The molecule has 16 heavy (non-hydrogen) atoms. The monoisotopic (exact) mass is 238 g/mol. The van der Waals surface area contributed by atoms with Crippen LogP contribution in [-0.2, 0) is 4.79 Å². The first kappa shape index (κ1) is 13.3. The summed E-state index contributed by atoms with van der Waals surface area (Å²) in [5.74, 6) is 0.445. The van der Waals surface area contributed by atoms with Gasteiger partial charge in [0, 0.05) is 6.54 Å². The first-order valence-electron chi connectivity index (χ1n) is 5.51. The fourth-order valence-corrected chi connectivity index (χ4v) is 1.41. The van der Waals surface area contributed by atoms with Gasteiger partial charge in [-0.25, -0.2) is 0 Å². The summed E-state index contributed by atoms with van der Waals surface area (Å²) in [5, 5.41) is 4.63. The molecule has 1 aliphatic carbocycles. The number of rotatable bonds is 7. The van der Waals surface area contributed by atoms with E-state index in [1.54, 1.807) is 0 Å². The van der Waals surface area contributed by atoms with Crippen molar-refractivity contribution in [3.8, 4) is 0 Å². The molecule has 0 atom stereocenters. The second kappa shape index (κ2) is 6.08. The number of alkyl halides is 3. The number of halogens is 3. The lowest BCUT2D eigenvalue weighted by Crippen LogP contribution is -2.38. The third-order valence-electron chi connectivity index (χ3n) is 2.42. The Hall–Kier alpha value is -0.780. The molecule has 0 bridgehead atoms. The molecule has 0 aliphatic heterocycles. The molecule has 1 saturated carbocycles. The maximum atomic E-state index is 11.7. The Balaban J connectivity index is 1.89. The minimum atomic E-state index is -4.26. The van der Waals surface area contributed by atoms with Gasteiger partial charge in [-0.2, -0.15) is 13.2 Å². The van der Waals surface area contributed by atoms with Crippen LogP contribution in [0.5, 0.6) is 0 Å². The zero-order valence-corrected chi connectivity index (χ0v) is 9.07. The van der Waals surface area contributed by atoms with E-state index in [1.807, 2.05) is 0 Å². The van der Waals surface area contributed by atoms with Gasteiger partial charge in [0.25, 0.3) is 0 Å². The van der Waals surface area contributed by atoms with Crippen LogP contribution in [0.4, 0.5) is 13.2 Å². The third-order valence-corrected chi connectivity index (χ3v) is 2.42. The second-order valence-corrected chi connectivity index (χ2v) is 4.15. The highest BCUT2D eigenvalue weighted by molar-refractivity contribution is 5.77. The van der Waals surface area contributed by atoms with E-state index in [9.17, 15) is 18.0 Å². The standard InChI is InChI=1S/C10H17F3N2O/c11-10(12,13)7-14-6-9(16)15-5-1-2-8-3-4-8/h8,14H,1-7H2,(H,15,16). The summed E-state index contributed by atoms with van der Waals surface area (Å²) in [5.41, 5.74) is 0. The van der Waals surface area contributed by atoms with E-state index in [2.05, 4.69) is 10.6 Å². The Morgan fingerprint density at radius 3 is 2.56 bits per heavy atom. The topological polar surface area (TPSA) is 41.1 Å². The van der Waals surface area contributed by atoms with E-state index >= 15 is 0 Å². The predicted molar refractivity (Wildman–Crippen MR) is 53.9 cm³/mol. The molecule has 1 fully saturated rings. The van der Waals surface area contributed by atoms with E-state index < -0.39 is 12.7 Å². The highest BCUT2D eigenvalue weighted by Gasteiger charge is 2.26. The Morgan fingerprint density at radius 2 is 2.00 bits per heavy atom. The summed E-state index contributed by atoms with van der Waals surface area (Å²) < 4.78 is 35.1. The molecule has 1 aliphatic rings. The summed E-state index contributed by atoms with van der Waals surface area (Å²) in [6.07, 6.45) is 0.320. The van der Waals surface area contributed by atoms with Gasteiger partial charge in [0.15, 0.2) is 0 Å². The van der Waals surface area contributed by atoms with E-state index in [0.29, 0.717) is 6.54 Å². The molecular formula is C10H17F3N2O. The first-order chi connectivity index (χ1) is 7.47. The van der Waals surface area contributed by atoms with Crippen molar-refractivity contribution in [2.45, 2.75) is 31.9 Å². The Labute approximate surface area is 92.8 Å². The van der Waals surface area contributed by atoms with Crippen LogP contribution in [0.15, 0.2) is 0 Å². The number of hydrogen-bond acceptors (Lipinski definition) is 2. The molecule has 3 nitrogen and oxygen atoms in total. The van der Waals surface area contributed by atoms with Crippen molar-refractivity contribution >= 4 is 5.91 Å². The fourth-order valence-electron chi connectivity index (χ4n) is 1.41. The Kier molecular flexibility index (Phi) is 5.05. The van der Waals surface area contributed by atoms with Gasteiger partial charge < -0.3 is 10.6 Å². The number of amides is 1. The fraction of sp³-hybridized carbons (Fsp3) is 0.900. The minimum absolute atomic E-state index is 0.275. The maximum absolute atomic E-state index is 11.7. The molecule has 0 aromatic rings. The number of hydrogen-bond donors (Lipinski definition) is 2. The Morgan fingerprint density at radius 1 is 1.31 bits per heavy atom. The molecular weight excluding hydrogens is 221 g/mol. The largest absolute Gasteiger partial charge is 0.401 e. The smallest absolute Gasteiger partial charge is 0.355 e. The Bertz CT molecular complexity index is 227. The van der Waals surface area contributed by atoms with Crippen LogP contribution in [0.1, 0.15) is 25.7 Å². The van der Waals surface area contributed by atoms with Gasteiger partial charge in [-0.15, -0.1) is 0 Å². The summed E-state index contributed by atoms with van der Waals surface area (Å²) in [6.45, 7) is -0.839. The van der Waals surface area contributed by atoms with E-state index in [4.69, 9.17) is 0 Å². The van der Waals surface area contributed by atoms with Crippen LogP contribution in [0, 0.1) is 5.92 Å². The van der Waals surface area contributed by atoms with Crippen LogP contribution in [0.3, 0.4) is 0 Å². The molecule has 0 radical (unpaired) electrons. The molecule has 1 rings (SSSR count). The number of carbonyl (C=O) groups excluding carboxylic acids is 1. The average Bonchev–Trinajstić information content (AvgIpc) is 2.94. The summed E-state index contributed by atoms with van der Waals surface area (Å²) in [7, 11) is 0. The van der Waals surface area contributed by atoms with Gasteiger partial charge in [0.05, 0.1) is 13.1 Å². The normalized spacial score (nSPS) is 16.2. The molecule has 0 spiro atoms. The van der Waals surface area contributed by atoms with Gasteiger partial charge in [0.2, 0.25) is 5.91 Å². The zero-order valence-electron chi connectivity index (χ0n) is 9.07. The van der Waals surface area contributed by atoms with Gasteiger partial charge in [-0.3, -0.25) is 4.79 Å². The van der Waals surface area contributed by atoms with E-state index in [-0.39, 0.29) is 12.5 Å². The maximum Gasteiger partial charge on any atom is 0.401 e. The summed E-state index contributed by atoms with van der Waals surface area (Å²) in [6, 6.07) is 0. The van der Waals surface area contributed by atoms with E-state index in [1.165, 1.54) is 12.8 Å². The molecule has 6 heteroatoms. The minimum Gasteiger partial charge on any atom is -0.355 e. The number of carbonyl (C=O) groups is 1. The van der Waals surface area contributed by atoms with Crippen molar-refractivity contribution in [1.29, 1.82) is 0 Å². The lowest BCUT2D eigenvalue weighted by molar-refractivity contribution is -0.128. The molecule has 0 saturated heterocycles. The van der Waals surface area contributed by atoms with Crippen molar-refractivity contribution in [3.63, 3.8) is 0 Å². The van der Waals surface area contributed by atoms with Crippen molar-refractivity contribution in [3.05, 3.63) is 0 Å². The molecule has 0 unspecified atom stereocenters. The molecule has 94 valence electrons. The lowest BCUT2D eigenvalue weighted by atomic mass is 10.2. The quantitative estimate of drug-likeness (QED) is 0.659. The lowest BCUT2D eigenvalue weighted by Gasteiger charge is -2.08. The predicted octanol–water partition coefficient (Wildman–Crippen LogP) is 1.44. The molecule has 1 amide bonds. The van der Waals surface area contributed by atoms with Crippen LogP contribution in [0.2, 0.25) is 0 Å².